The molecule has 0 unspecified atom stereocenters. The summed E-state index contributed by atoms with van der Waals surface area (Å²) >= 11 is 0. The van der Waals surface area contributed by atoms with Gasteiger partial charge in [-0.1, -0.05) is 27.7 Å². The highest BCUT2D eigenvalue weighted by Crippen LogP contribution is 2.32. The zero-order valence-corrected chi connectivity index (χ0v) is 9.95. The molecule has 8 heteroatoms. The lowest BCUT2D eigenvalue weighted by atomic mass is 10.4. The molecule has 0 radical (unpaired) electrons. The molecule has 1 rings (SSSR count). The van der Waals surface area contributed by atoms with Crippen LogP contribution in [0, 0.1) is 10.1 Å². The van der Waals surface area contributed by atoms with E-state index in [0.29, 0.717) is 0 Å². The van der Waals surface area contributed by atoms with E-state index in [2.05, 4.69) is 9.97 Å². The van der Waals surface area contributed by atoms with Crippen LogP contribution in [0.15, 0.2) is 12.4 Å². The Morgan fingerprint density at radius 1 is 1.12 bits per heavy atom. The molecule has 0 amide bonds. The number of halogens is 3. The summed E-state index contributed by atoms with van der Waals surface area (Å²) in [6, 6.07) is 0. The molecular formula is C9H14F3N3O2. The average molecular weight is 253 g/mol. The number of aromatic nitrogens is 2. The van der Waals surface area contributed by atoms with Gasteiger partial charge in [-0.3, -0.25) is 0 Å². The molecule has 0 bridgehead atoms. The van der Waals surface area contributed by atoms with Crippen LogP contribution in [-0.4, -0.2) is 14.9 Å². The Hall–Kier alpha value is -1.73. The second-order valence-corrected chi connectivity index (χ2v) is 1.98. The van der Waals surface area contributed by atoms with Crippen LogP contribution >= 0.6 is 0 Å². The molecule has 0 saturated carbocycles. The Kier molecular flexibility index (Phi) is 8.75. The molecule has 0 aliphatic rings. The van der Waals surface area contributed by atoms with Crippen molar-refractivity contribution in [3.8, 4) is 0 Å². The molecular weight excluding hydrogens is 239 g/mol. The number of hydrogen-bond acceptors (Lipinski definition) is 4. The summed E-state index contributed by atoms with van der Waals surface area (Å²) in [6.07, 6.45) is -3.28. The molecule has 0 aliphatic heterocycles. The summed E-state index contributed by atoms with van der Waals surface area (Å²) in [7, 11) is 0. The van der Waals surface area contributed by atoms with Gasteiger partial charge in [-0.05, 0) is 9.91 Å². The van der Waals surface area contributed by atoms with E-state index in [4.69, 9.17) is 0 Å². The largest absolute Gasteiger partial charge is 0.441 e. The summed E-state index contributed by atoms with van der Waals surface area (Å²) in [5, 5.41) is 10.1. The minimum Gasteiger partial charge on any atom is -0.358 e. The van der Waals surface area contributed by atoms with Gasteiger partial charge in [0.05, 0.1) is 6.20 Å². The highest BCUT2D eigenvalue weighted by Gasteiger charge is 2.41. The van der Waals surface area contributed by atoms with Gasteiger partial charge in [0.15, 0.2) is 6.20 Å². The van der Waals surface area contributed by atoms with Crippen LogP contribution in [-0.2, 0) is 6.18 Å². The van der Waals surface area contributed by atoms with Crippen LogP contribution < -0.4 is 0 Å². The SMILES string of the molecule is CC.CC.O=[N+]([O-])c1nccnc1C(F)(F)F. The third-order valence-corrected chi connectivity index (χ3v) is 1.12. The van der Waals surface area contributed by atoms with Gasteiger partial charge >= 0.3 is 12.0 Å². The second-order valence-electron chi connectivity index (χ2n) is 1.98. The minimum absolute atomic E-state index is 0.746. The number of nitro groups is 1. The normalized spacial score (nSPS) is 9.35. The van der Waals surface area contributed by atoms with Crippen LogP contribution in [0.5, 0.6) is 0 Å². The molecule has 98 valence electrons. The standard InChI is InChI=1S/C5H2F3N3O2.2C2H6/c6-5(7,8)3-4(11(12)13)10-2-1-9-3;2*1-2/h1-2H;2*1-2H3. The highest BCUT2D eigenvalue weighted by atomic mass is 19.4. The maximum atomic E-state index is 12.0. The first kappa shape index (κ1) is 17.7. The second kappa shape index (κ2) is 8.43. The van der Waals surface area contributed by atoms with E-state index in [0.717, 1.165) is 12.4 Å². The molecule has 0 N–H and O–H groups in total. The Balaban J connectivity index is 0. The zero-order chi connectivity index (χ0) is 14.1. The van der Waals surface area contributed by atoms with Crippen LogP contribution in [0.25, 0.3) is 0 Å². The first-order valence-corrected chi connectivity index (χ1v) is 4.95. The van der Waals surface area contributed by atoms with Crippen LogP contribution in [0.2, 0.25) is 0 Å². The molecule has 0 aliphatic carbocycles. The fraction of sp³-hybridized carbons (Fsp3) is 0.556. The van der Waals surface area contributed by atoms with E-state index in [9.17, 15) is 23.3 Å². The van der Waals surface area contributed by atoms with E-state index >= 15 is 0 Å². The van der Waals surface area contributed by atoms with E-state index in [1.165, 1.54) is 0 Å². The molecule has 0 saturated heterocycles. The average Bonchev–Trinajstić information content (AvgIpc) is 2.33. The summed E-state index contributed by atoms with van der Waals surface area (Å²) in [5.41, 5.74) is -1.58. The number of nitrogens with zero attached hydrogens (tertiary/aromatic N) is 3. The van der Waals surface area contributed by atoms with Crippen molar-refractivity contribution < 1.29 is 18.1 Å². The van der Waals surface area contributed by atoms with Gasteiger partial charge in [-0.2, -0.15) is 13.2 Å². The van der Waals surface area contributed by atoms with E-state index in [-0.39, 0.29) is 0 Å². The van der Waals surface area contributed by atoms with E-state index in [1.807, 2.05) is 27.7 Å². The number of rotatable bonds is 1. The minimum atomic E-state index is -4.85. The van der Waals surface area contributed by atoms with Gasteiger partial charge < -0.3 is 10.1 Å². The fourth-order valence-electron chi connectivity index (χ4n) is 0.664. The smallest absolute Gasteiger partial charge is 0.358 e. The van der Waals surface area contributed by atoms with Gasteiger partial charge in [0.1, 0.15) is 0 Å². The van der Waals surface area contributed by atoms with Gasteiger partial charge in [0.25, 0.3) is 0 Å². The van der Waals surface area contributed by atoms with Crippen LogP contribution in [0.1, 0.15) is 33.4 Å². The molecule has 0 fully saturated rings. The van der Waals surface area contributed by atoms with Crippen LogP contribution in [0.4, 0.5) is 19.0 Å². The molecule has 0 spiro atoms. The third-order valence-electron chi connectivity index (χ3n) is 1.12. The first-order valence-electron chi connectivity index (χ1n) is 4.95. The summed E-state index contributed by atoms with van der Waals surface area (Å²) in [6.45, 7) is 8.00. The highest BCUT2D eigenvalue weighted by molar-refractivity contribution is 5.27. The maximum Gasteiger partial charge on any atom is 0.441 e. The van der Waals surface area contributed by atoms with Crippen molar-refractivity contribution >= 4 is 5.82 Å². The topological polar surface area (TPSA) is 68.9 Å². The monoisotopic (exact) mass is 253 g/mol. The lowest BCUT2D eigenvalue weighted by Crippen LogP contribution is -2.12. The Labute approximate surface area is 96.9 Å². The van der Waals surface area contributed by atoms with E-state index < -0.39 is 22.6 Å². The van der Waals surface area contributed by atoms with Crippen molar-refractivity contribution in [1.82, 2.24) is 9.97 Å². The van der Waals surface area contributed by atoms with Gasteiger partial charge in [0.2, 0.25) is 5.69 Å². The lowest BCUT2D eigenvalue weighted by molar-refractivity contribution is -0.393. The zero-order valence-electron chi connectivity index (χ0n) is 9.95. The Morgan fingerprint density at radius 3 is 1.82 bits per heavy atom. The number of alkyl halides is 3. The Morgan fingerprint density at radius 2 is 1.53 bits per heavy atom. The van der Waals surface area contributed by atoms with Gasteiger partial charge in [-0.15, -0.1) is 0 Å². The molecule has 1 aromatic rings. The lowest BCUT2D eigenvalue weighted by Gasteiger charge is -2.03. The molecule has 0 aromatic carbocycles. The van der Waals surface area contributed by atoms with Crippen LogP contribution in [0.3, 0.4) is 0 Å². The van der Waals surface area contributed by atoms with Crippen molar-refractivity contribution in [1.29, 1.82) is 0 Å². The summed E-state index contributed by atoms with van der Waals surface area (Å²) in [4.78, 5) is 14.7. The summed E-state index contributed by atoms with van der Waals surface area (Å²) < 4.78 is 36.0. The summed E-state index contributed by atoms with van der Waals surface area (Å²) in [5.74, 6) is -1.28. The molecule has 1 aromatic heterocycles. The van der Waals surface area contributed by atoms with Gasteiger partial charge in [-0.25, -0.2) is 4.98 Å². The maximum absolute atomic E-state index is 12.0. The first-order chi connectivity index (χ1) is 7.93. The van der Waals surface area contributed by atoms with Crippen molar-refractivity contribution in [2.45, 2.75) is 33.9 Å². The fourth-order valence-corrected chi connectivity index (χ4v) is 0.664. The van der Waals surface area contributed by atoms with Crippen molar-refractivity contribution in [2.75, 3.05) is 0 Å². The van der Waals surface area contributed by atoms with Crippen molar-refractivity contribution in [2.24, 2.45) is 0 Å². The van der Waals surface area contributed by atoms with E-state index in [1.54, 1.807) is 0 Å². The third kappa shape index (κ3) is 5.79. The number of hydrogen-bond donors (Lipinski definition) is 0. The molecule has 5 nitrogen and oxygen atoms in total. The quantitative estimate of drug-likeness (QED) is 0.567. The van der Waals surface area contributed by atoms with Crippen molar-refractivity contribution in [3.63, 3.8) is 0 Å². The van der Waals surface area contributed by atoms with Crippen molar-refractivity contribution in [3.05, 3.63) is 28.2 Å². The predicted molar refractivity (Wildman–Crippen MR) is 56.4 cm³/mol. The molecule has 1 heterocycles. The molecule has 0 atom stereocenters. The molecule has 17 heavy (non-hydrogen) atoms. The van der Waals surface area contributed by atoms with Gasteiger partial charge in [0, 0.05) is 0 Å². The Bertz CT molecular complexity index is 343. The predicted octanol–water partition coefficient (Wildman–Crippen LogP) is 3.46.